The minimum atomic E-state index is 0.856. The van der Waals surface area contributed by atoms with Gasteiger partial charge in [0.05, 0.1) is 5.69 Å². The molecule has 6 nitrogen and oxygen atoms in total. The summed E-state index contributed by atoms with van der Waals surface area (Å²) < 4.78 is 4.89. The number of hydrogen-bond donors (Lipinski definition) is 1. The molecule has 0 aromatic carbocycles. The topological polar surface area (TPSA) is 56.9 Å². The molecule has 0 aliphatic carbocycles. The van der Waals surface area contributed by atoms with E-state index in [2.05, 4.69) is 42.1 Å². The van der Waals surface area contributed by atoms with Gasteiger partial charge in [-0.1, -0.05) is 5.16 Å². The van der Waals surface area contributed by atoms with Crippen molar-refractivity contribution in [2.75, 3.05) is 39.8 Å². The molecule has 1 N–H and O–H groups in total. The van der Waals surface area contributed by atoms with E-state index in [1.807, 2.05) is 13.1 Å². The van der Waals surface area contributed by atoms with Crippen LogP contribution in [0.2, 0.25) is 0 Å². The Kier molecular flexibility index (Phi) is 5.65. The Morgan fingerprint density at radius 2 is 2.22 bits per heavy atom. The van der Waals surface area contributed by atoms with Crippen molar-refractivity contribution in [3.05, 3.63) is 40.4 Å². The Bertz CT molecular complexity index is 588. The summed E-state index contributed by atoms with van der Waals surface area (Å²) in [4.78, 5) is 9.14. The second kappa shape index (κ2) is 8.12. The van der Waals surface area contributed by atoms with Crippen molar-refractivity contribution in [1.82, 2.24) is 20.3 Å². The van der Waals surface area contributed by atoms with E-state index in [1.165, 1.54) is 5.56 Å². The van der Waals surface area contributed by atoms with Crippen LogP contribution in [0.25, 0.3) is 0 Å². The van der Waals surface area contributed by atoms with Crippen LogP contribution in [0.1, 0.15) is 11.3 Å². The molecule has 7 heteroatoms. The lowest BCUT2D eigenvalue weighted by Gasteiger charge is -2.36. The molecule has 0 saturated carbocycles. The van der Waals surface area contributed by atoms with E-state index in [-0.39, 0.29) is 0 Å². The molecule has 2 aromatic heterocycles. The summed E-state index contributed by atoms with van der Waals surface area (Å²) in [5.74, 6) is 1.00. The monoisotopic (exact) mass is 333 g/mol. The van der Waals surface area contributed by atoms with Crippen molar-refractivity contribution in [1.29, 1.82) is 0 Å². The first-order chi connectivity index (χ1) is 11.3. The molecule has 0 amide bonds. The summed E-state index contributed by atoms with van der Waals surface area (Å²) >= 11 is 1.75. The molecule has 0 unspecified atom stereocenters. The fraction of sp³-hybridized carbons (Fsp3) is 0.500. The molecule has 1 aliphatic rings. The Morgan fingerprint density at radius 3 is 2.87 bits per heavy atom. The van der Waals surface area contributed by atoms with Crippen LogP contribution in [-0.4, -0.2) is 60.7 Å². The second-order valence-corrected chi connectivity index (χ2v) is 6.39. The molecule has 3 heterocycles. The van der Waals surface area contributed by atoms with Crippen LogP contribution in [0.4, 0.5) is 0 Å². The first kappa shape index (κ1) is 16.0. The number of nitrogens with zero attached hydrogens (tertiary/aromatic N) is 4. The van der Waals surface area contributed by atoms with Crippen LogP contribution < -0.4 is 5.32 Å². The Balaban J connectivity index is 1.41. The maximum Gasteiger partial charge on any atom is 0.193 e. The zero-order valence-electron chi connectivity index (χ0n) is 13.4. The summed E-state index contributed by atoms with van der Waals surface area (Å²) in [6, 6.07) is 4.11. The standard InChI is InChI=1S/C16H23N5OS/c1-17-16(18-5-2-14-4-11-23-13-14)21-8-6-20(7-9-21)12-15-3-10-22-19-15/h3-4,10-11,13H,2,5-9,12H2,1H3,(H,17,18). The van der Waals surface area contributed by atoms with Gasteiger partial charge in [0.2, 0.25) is 0 Å². The third-order valence-corrected chi connectivity index (χ3v) is 4.77. The van der Waals surface area contributed by atoms with Gasteiger partial charge < -0.3 is 14.7 Å². The van der Waals surface area contributed by atoms with E-state index in [1.54, 1.807) is 17.6 Å². The van der Waals surface area contributed by atoms with Gasteiger partial charge in [-0.05, 0) is 28.8 Å². The highest BCUT2D eigenvalue weighted by Gasteiger charge is 2.20. The van der Waals surface area contributed by atoms with Gasteiger partial charge in [0, 0.05) is 52.4 Å². The maximum atomic E-state index is 4.89. The lowest BCUT2D eigenvalue weighted by molar-refractivity contribution is 0.169. The predicted molar refractivity (Wildman–Crippen MR) is 92.7 cm³/mol. The second-order valence-electron chi connectivity index (χ2n) is 5.61. The predicted octanol–water partition coefficient (Wildman–Crippen LogP) is 1.67. The quantitative estimate of drug-likeness (QED) is 0.666. The minimum Gasteiger partial charge on any atom is -0.364 e. The van der Waals surface area contributed by atoms with Gasteiger partial charge >= 0.3 is 0 Å². The molecule has 3 rings (SSSR count). The van der Waals surface area contributed by atoms with Crippen LogP contribution in [-0.2, 0) is 13.0 Å². The molecule has 0 atom stereocenters. The van der Waals surface area contributed by atoms with E-state index in [0.717, 1.165) is 57.3 Å². The number of hydrogen-bond acceptors (Lipinski definition) is 5. The van der Waals surface area contributed by atoms with Crippen LogP contribution >= 0.6 is 11.3 Å². The number of aliphatic imine (C=N–C) groups is 1. The largest absolute Gasteiger partial charge is 0.364 e. The SMILES string of the molecule is CN=C(NCCc1ccsc1)N1CCN(Cc2ccon2)CC1. The van der Waals surface area contributed by atoms with Crippen molar-refractivity contribution in [2.24, 2.45) is 4.99 Å². The molecule has 1 fully saturated rings. The average Bonchev–Trinajstić information content (AvgIpc) is 3.26. The number of aromatic nitrogens is 1. The lowest BCUT2D eigenvalue weighted by Crippen LogP contribution is -2.52. The summed E-state index contributed by atoms with van der Waals surface area (Å²) in [5, 5.41) is 11.8. The van der Waals surface area contributed by atoms with Crippen molar-refractivity contribution >= 4 is 17.3 Å². The molecule has 23 heavy (non-hydrogen) atoms. The third-order valence-electron chi connectivity index (χ3n) is 4.04. The van der Waals surface area contributed by atoms with E-state index < -0.39 is 0 Å². The molecular weight excluding hydrogens is 310 g/mol. The molecule has 2 aromatic rings. The Labute approximate surface area is 140 Å². The van der Waals surface area contributed by atoms with Gasteiger partial charge in [-0.2, -0.15) is 11.3 Å². The number of rotatable bonds is 5. The Hall–Kier alpha value is -1.86. The van der Waals surface area contributed by atoms with Gasteiger partial charge in [-0.25, -0.2) is 0 Å². The smallest absolute Gasteiger partial charge is 0.193 e. The van der Waals surface area contributed by atoms with Gasteiger partial charge in [0.25, 0.3) is 0 Å². The fourth-order valence-electron chi connectivity index (χ4n) is 2.75. The number of nitrogens with one attached hydrogen (secondary N) is 1. The number of guanidine groups is 1. The highest BCUT2D eigenvalue weighted by Crippen LogP contribution is 2.08. The van der Waals surface area contributed by atoms with Crippen molar-refractivity contribution in [2.45, 2.75) is 13.0 Å². The first-order valence-electron chi connectivity index (χ1n) is 7.93. The summed E-state index contributed by atoms with van der Waals surface area (Å²) in [6.07, 6.45) is 2.67. The van der Waals surface area contributed by atoms with Crippen molar-refractivity contribution in [3.8, 4) is 0 Å². The number of piperazine rings is 1. The average molecular weight is 333 g/mol. The fourth-order valence-corrected chi connectivity index (χ4v) is 3.45. The molecule has 0 radical (unpaired) electrons. The highest BCUT2D eigenvalue weighted by molar-refractivity contribution is 7.07. The van der Waals surface area contributed by atoms with Crippen molar-refractivity contribution in [3.63, 3.8) is 0 Å². The van der Waals surface area contributed by atoms with Crippen LogP contribution in [0, 0.1) is 0 Å². The zero-order valence-corrected chi connectivity index (χ0v) is 14.3. The highest BCUT2D eigenvalue weighted by atomic mass is 32.1. The van der Waals surface area contributed by atoms with E-state index in [9.17, 15) is 0 Å². The molecule has 124 valence electrons. The van der Waals surface area contributed by atoms with Crippen molar-refractivity contribution < 1.29 is 4.52 Å². The molecule has 1 saturated heterocycles. The minimum absolute atomic E-state index is 0.856. The van der Waals surface area contributed by atoms with Crippen LogP contribution in [0.5, 0.6) is 0 Å². The van der Waals surface area contributed by atoms with Gasteiger partial charge in [0.15, 0.2) is 5.96 Å². The molecule has 0 spiro atoms. The third kappa shape index (κ3) is 4.56. The summed E-state index contributed by atoms with van der Waals surface area (Å²) in [5.41, 5.74) is 2.38. The van der Waals surface area contributed by atoms with Gasteiger partial charge in [0.1, 0.15) is 6.26 Å². The van der Waals surface area contributed by atoms with E-state index in [0.29, 0.717) is 0 Å². The molecular formula is C16H23N5OS. The van der Waals surface area contributed by atoms with E-state index in [4.69, 9.17) is 4.52 Å². The van der Waals surface area contributed by atoms with Crippen LogP contribution in [0.3, 0.4) is 0 Å². The normalized spacial score (nSPS) is 16.7. The molecule has 0 bridgehead atoms. The summed E-state index contributed by atoms with van der Waals surface area (Å²) in [6.45, 7) is 5.76. The summed E-state index contributed by atoms with van der Waals surface area (Å²) in [7, 11) is 1.86. The van der Waals surface area contributed by atoms with Gasteiger partial charge in [-0.15, -0.1) is 0 Å². The van der Waals surface area contributed by atoms with Gasteiger partial charge in [-0.3, -0.25) is 9.89 Å². The Morgan fingerprint density at radius 1 is 1.35 bits per heavy atom. The molecule has 1 aliphatic heterocycles. The van der Waals surface area contributed by atoms with Crippen LogP contribution in [0.15, 0.2) is 38.7 Å². The first-order valence-corrected chi connectivity index (χ1v) is 8.88. The zero-order chi connectivity index (χ0) is 15.9. The number of thiophene rings is 1. The maximum absolute atomic E-state index is 4.89. The van der Waals surface area contributed by atoms with E-state index >= 15 is 0 Å². The lowest BCUT2D eigenvalue weighted by atomic mass is 10.2.